The van der Waals surface area contributed by atoms with E-state index in [0.29, 0.717) is 6.04 Å². The van der Waals surface area contributed by atoms with Crippen molar-refractivity contribution in [3.8, 4) is 5.75 Å². The van der Waals surface area contributed by atoms with Crippen molar-refractivity contribution >= 4 is 11.4 Å². The molecule has 0 radical (unpaired) electrons. The van der Waals surface area contributed by atoms with E-state index in [-0.39, 0.29) is 0 Å². The molecule has 0 bridgehead atoms. The van der Waals surface area contributed by atoms with Crippen molar-refractivity contribution in [3.63, 3.8) is 0 Å². The zero-order valence-electron chi connectivity index (χ0n) is 12.1. The molecule has 2 aromatic carbocycles. The summed E-state index contributed by atoms with van der Waals surface area (Å²) in [5.74, 6) is 0.886. The Morgan fingerprint density at radius 1 is 0.947 bits per heavy atom. The number of rotatable bonds is 4. The molecule has 0 aromatic heterocycles. The standard InChI is InChI=1S/C17H21NO/c1-13(2)18(16-7-5-6-14(3)12-16)15-8-10-17(19-4)11-9-15/h5-13H,1-4H3. The number of hydrogen-bond acceptors (Lipinski definition) is 2. The molecule has 0 saturated heterocycles. The maximum Gasteiger partial charge on any atom is 0.119 e. The number of methoxy groups -OCH3 is 1. The fraction of sp³-hybridized carbons (Fsp3) is 0.294. The quantitative estimate of drug-likeness (QED) is 0.794. The van der Waals surface area contributed by atoms with Crippen LogP contribution >= 0.6 is 0 Å². The van der Waals surface area contributed by atoms with Gasteiger partial charge in [0.15, 0.2) is 0 Å². The van der Waals surface area contributed by atoms with Crippen LogP contribution in [0.25, 0.3) is 0 Å². The van der Waals surface area contributed by atoms with Gasteiger partial charge in [-0.3, -0.25) is 0 Å². The highest BCUT2D eigenvalue weighted by atomic mass is 16.5. The van der Waals surface area contributed by atoms with E-state index >= 15 is 0 Å². The molecule has 2 nitrogen and oxygen atoms in total. The van der Waals surface area contributed by atoms with E-state index in [9.17, 15) is 0 Å². The van der Waals surface area contributed by atoms with Crippen molar-refractivity contribution in [3.05, 3.63) is 54.1 Å². The average Bonchev–Trinajstić information content (AvgIpc) is 2.39. The Hall–Kier alpha value is -1.96. The van der Waals surface area contributed by atoms with Gasteiger partial charge in [0, 0.05) is 17.4 Å². The minimum Gasteiger partial charge on any atom is -0.497 e. The van der Waals surface area contributed by atoms with Crippen LogP contribution in [0.5, 0.6) is 5.75 Å². The van der Waals surface area contributed by atoms with Gasteiger partial charge in [-0.25, -0.2) is 0 Å². The van der Waals surface area contributed by atoms with Crippen LogP contribution in [0.1, 0.15) is 19.4 Å². The van der Waals surface area contributed by atoms with Crippen LogP contribution in [-0.2, 0) is 0 Å². The first-order chi connectivity index (χ1) is 9.11. The van der Waals surface area contributed by atoms with Crippen molar-refractivity contribution in [2.24, 2.45) is 0 Å². The third-order valence-electron chi connectivity index (χ3n) is 3.15. The van der Waals surface area contributed by atoms with Gasteiger partial charge in [0.25, 0.3) is 0 Å². The smallest absolute Gasteiger partial charge is 0.119 e. The third kappa shape index (κ3) is 3.08. The molecular weight excluding hydrogens is 234 g/mol. The lowest BCUT2D eigenvalue weighted by molar-refractivity contribution is 0.415. The molecule has 19 heavy (non-hydrogen) atoms. The summed E-state index contributed by atoms with van der Waals surface area (Å²) in [4.78, 5) is 2.33. The van der Waals surface area contributed by atoms with Gasteiger partial charge in [-0.15, -0.1) is 0 Å². The Morgan fingerprint density at radius 3 is 2.16 bits per heavy atom. The Labute approximate surface area is 115 Å². The summed E-state index contributed by atoms with van der Waals surface area (Å²) in [5.41, 5.74) is 3.68. The molecule has 0 fully saturated rings. The Morgan fingerprint density at radius 2 is 1.63 bits per heavy atom. The zero-order chi connectivity index (χ0) is 13.8. The van der Waals surface area contributed by atoms with Crippen LogP contribution in [0, 0.1) is 6.92 Å². The summed E-state index contributed by atoms with van der Waals surface area (Å²) in [6, 6.07) is 17.2. The van der Waals surface area contributed by atoms with E-state index < -0.39 is 0 Å². The molecule has 0 aliphatic heterocycles. The largest absolute Gasteiger partial charge is 0.497 e. The second-order valence-corrected chi connectivity index (χ2v) is 5.00. The van der Waals surface area contributed by atoms with Crippen LogP contribution in [0.4, 0.5) is 11.4 Å². The summed E-state index contributed by atoms with van der Waals surface area (Å²) in [5, 5.41) is 0. The number of ether oxygens (including phenoxy) is 1. The fourth-order valence-electron chi connectivity index (χ4n) is 2.27. The lowest BCUT2D eigenvalue weighted by Gasteiger charge is -2.29. The lowest BCUT2D eigenvalue weighted by atomic mass is 10.1. The number of hydrogen-bond donors (Lipinski definition) is 0. The van der Waals surface area contributed by atoms with Gasteiger partial charge in [0.2, 0.25) is 0 Å². The van der Waals surface area contributed by atoms with Crippen molar-refractivity contribution in [2.75, 3.05) is 12.0 Å². The SMILES string of the molecule is COc1ccc(N(c2cccc(C)c2)C(C)C)cc1. The molecular formula is C17H21NO. The van der Waals surface area contributed by atoms with Crippen molar-refractivity contribution < 1.29 is 4.74 Å². The molecule has 0 atom stereocenters. The first-order valence-corrected chi connectivity index (χ1v) is 6.62. The highest BCUT2D eigenvalue weighted by molar-refractivity contribution is 5.65. The van der Waals surface area contributed by atoms with Gasteiger partial charge in [-0.1, -0.05) is 12.1 Å². The van der Waals surface area contributed by atoms with Gasteiger partial charge < -0.3 is 9.64 Å². The molecule has 0 aliphatic rings. The monoisotopic (exact) mass is 255 g/mol. The van der Waals surface area contributed by atoms with Crippen LogP contribution in [-0.4, -0.2) is 13.2 Å². The van der Waals surface area contributed by atoms with E-state index in [1.165, 1.54) is 16.9 Å². The van der Waals surface area contributed by atoms with Crippen LogP contribution < -0.4 is 9.64 Å². The summed E-state index contributed by atoms with van der Waals surface area (Å²) < 4.78 is 5.22. The van der Waals surface area contributed by atoms with E-state index in [4.69, 9.17) is 4.74 Å². The van der Waals surface area contributed by atoms with E-state index in [1.807, 2.05) is 12.1 Å². The molecule has 2 aromatic rings. The average molecular weight is 255 g/mol. The van der Waals surface area contributed by atoms with Crippen molar-refractivity contribution in [2.45, 2.75) is 26.8 Å². The molecule has 100 valence electrons. The predicted molar refractivity (Wildman–Crippen MR) is 81.4 cm³/mol. The van der Waals surface area contributed by atoms with Crippen molar-refractivity contribution in [1.82, 2.24) is 0 Å². The summed E-state index contributed by atoms with van der Waals surface area (Å²) in [6.45, 7) is 6.52. The molecule has 0 aliphatic carbocycles. The third-order valence-corrected chi connectivity index (χ3v) is 3.15. The maximum absolute atomic E-state index is 5.22. The van der Waals surface area contributed by atoms with Crippen LogP contribution in [0.15, 0.2) is 48.5 Å². The molecule has 2 heteroatoms. The molecule has 2 rings (SSSR count). The number of nitrogens with zero attached hydrogens (tertiary/aromatic N) is 1. The van der Waals surface area contributed by atoms with Crippen molar-refractivity contribution in [1.29, 1.82) is 0 Å². The number of anilines is 2. The molecule has 0 unspecified atom stereocenters. The molecule has 0 saturated carbocycles. The van der Waals surface area contributed by atoms with Gasteiger partial charge >= 0.3 is 0 Å². The summed E-state index contributed by atoms with van der Waals surface area (Å²) in [6.07, 6.45) is 0. The van der Waals surface area contributed by atoms with Gasteiger partial charge in [-0.2, -0.15) is 0 Å². The molecule has 0 spiro atoms. The molecule has 0 heterocycles. The first kappa shape index (κ1) is 13.5. The summed E-state index contributed by atoms with van der Waals surface area (Å²) >= 11 is 0. The zero-order valence-corrected chi connectivity index (χ0v) is 12.1. The first-order valence-electron chi connectivity index (χ1n) is 6.62. The normalized spacial score (nSPS) is 10.6. The van der Waals surface area contributed by atoms with E-state index in [0.717, 1.165) is 5.75 Å². The molecule has 0 N–H and O–H groups in total. The Bertz CT molecular complexity index is 531. The highest BCUT2D eigenvalue weighted by Gasteiger charge is 2.13. The fourth-order valence-corrected chi connectivity index (χ4v) is 2.27. The topological polar surface area (TPSA) is 12.5 Å². The van der Waals surface area contributed by atoms with Crippen LogP contribution in [0.3, 0.4) is 0 Å². The summed E-state index contributed by atoms with van der Waals surface area (Å²) in [7, 11) is 1.69. The van der Waals surface area contributed by atoms with Gasteiger partial charge in [0.05, 0.1) is 7.11 Å². The Balaban J connectivity index is 2.39. The number of benzene rings is 2. The second kappa shape index (κ2) is 5.79. The molecule has 0 amide bonds. The number of aryl methyl sites for hydroxylation is 1. The van der Waals surface area contributed by atoms with Crippen LogP contribution in [0.2, 0.25) is 0 Å². The lowest BCUT2D eigenvalue weighted by Crippen LogP contribution is -2.25. The van der Waals surface area contributed by atoms with Gasteiger partial charge in [0.1, 0.15) is 5.75 Å². The maximum atomic E-state index is 5.22. The van der Waals surface area contributed by atoms with E-state index in [1.54, 1.807) is 7.11 Å². The van der Waals surface area contributed by atoms with E-state index in [2.05, 4.69) is 62.1 Å². The minimum absolute atomic E-state index is 0.398. The van der Waals surface area contributed by atoms with Gasteiger partial charge in [-0.05, 0) is 62.7 Å². The minimum atomic E-state index is 0.398. The Kier molecular flexibility index (Phi) is 4.10. The predicted octanol–water partition coefficient (Wildman–Crippen LogP) is 4.55. The second-order valence-electron chi connectivity index (χ2n) is 5.00. The highest BCUT2D eigenvalue weighted by Crippen LogP contribution is 2.29.